The number of hydrogen-bond donors (Lipinski definition) is 0. The van der Waals surface area contributed by atoms with Crippen LogP contribution in [0.2, 0.25) is 0 Å². The molecule has 5 nitrogen and oxygen atoms in total. The molecule has 156 valence electrons. The summed E-state index contributed by atoms with van der Waals surface area (Å²) in [6, 6.07) is 9.59. The van der Waals surface area contributed by atoms with Crippen molar-refractivity contribution in [3.05, 3.63) is 64.7 Å². The Labute approximate surface area is 167 Å². The molecule has 3 rings (SSSR count). The van der Waals surface area contributed by atoms with Crippen molar-refractivity contribution in [3.63, 3.8) is 0 Å². The number of fused-ring (bicyclic) bond motifs is 1. The van der Waals surface area contributed by atoms with Gasteiger partial charge in [0.25, 0.3) is 5.91 Å². The first-order chi connectivity index (χ1) is 13.5. The summed E-state index contributed by atoms with van der Waals surface area (Å²) in [6.45, 7) is 0.566. The minimum atomic E-state index is -4.40. The Morgan fingerprint density at radius 3 is 2.38 bits per heavy atom. The lowest BCUT2D eigenvalue weighted by Crippen LogP contribution is -2.35. The predicted molar refractivity (Wildman–Crippen MR) is 104 cm³/mol. The normalized spacial score (nSPS) is 14.4. The highest BCUT2D eigenvalue weighted by Gasteiger charge is 2.30. The van der Waals surface area contributed by atoms with Gasteiger partial charge in [0, 0.05) is 25.7 Å². The number of hydrogen-bond acceptors (Lipinski definition) is 3. The molecule has 29 heavy (non-hydrogen) atoms. The van der Waals surface area contributed by atoms with Crippen LogP contribution in [0.3, 0.4) is 0 Å². The van der Waals surface area contributed by atoms with Crippen molar-refractivity contribution < 1.29 is 26.4 Å². The molecule has 0 saturated heterocycles. The van der Waals surface area contributed by atoms with Crippen molar-refractivity contribution in [1.82, 2.24) is 4.90 Å². The zero-order chi connectivity index (χ0) is 21.4. The largest absolute Gasteiger partial charge is 0.416 e. The average molecular weight is 426 g/mol. The first-order valence-electron chi connectivity index (χ1n) is 8.99. The molecule has 0 saturated carbocycles. The summed E-state index contributed by atoms with van der Waals surface area (Å²) in [5, 5.41) is 0. The standard InChI is InChI=1S/C20H21F3N2O3S/c1-24(13-14-5-8-17(9-6-14)20(21,22)23)19(26)16-7-10-18-15(12-16)4-3-11-25(18)29(2,27)28/h5-10,12H,3-4,11,13H2,1-2H3. The van der Waals surface area contributed by atoms with Gasteiger partial charge < -0.3 is 4.90 Å². The molecule has 2 aromatic rings. The van der Waals surface area contributed by atoms with Crippen LogP contribution >= 0.6 is 0 Å². The zero-order valence-corrected chi connectivity index (χ0v) is 16.8. The number of aryl methyl sites for hydroxylation is 1. The smallest absolute Gasteiger partial charge is 0.337 e. The quantitative estimate of drug-likeness (QED) is 0.749. The number of amides is 1. The van der Waals surface area contributed by atoms with Gasteiger partial charge >= 0.3 is 6.18 Å². The van der Waals surface area contributed by atoms with Crippen LogP contribution in [0.25, 0.3) is 0 Å². The maximum absolute atomic E-state index is 12.8. The van der Waals surface area contributed by atoms with Crippen molar-refractivity contribution in [3.8, 4) is 0 Å². The number of nitrogens with zero attached hydrogens (tertiary/aromatic N) is 2. The van der Waals surface area contributed by atoms with Crippen LogP contribution in [0.5, 0.6) is 0 Å². The van der Waals surface area contributed by atoms with Crippen LogP contribution < -0.4 is 4.31 Å². The summed E-state index contributed by atoms with van der Waals surface area (Å²) < 4.78 is 63.2. The molecule has 1 aliphatic heterocycles. The summed E-state index contributed by atoms with van der Waals surface area (Å²) in [7, 11) is -1.81. The molecule has 0 aliphatic carbocycles. The first kappa shape index (κ1) is 21.2. The lowest BCUT2D eigenvalue weighted by Gasteiger charge is -2.29. The third-order valence-corrected chi connectivity index (χ3v) is 6.03. The maximum atomic E-state index is 12.8. The lowest BCUT2D eigenvalue weighted by atomic mass is 10.00. The first-order valence-corrected chi connectivity index (χ1v) is 10.8. The van der Waals surface area contributed by atoms with E-state index in [4.69, 9.17) is 0 Å². The fraction of sp³-hybridized carbons (Fsp3) is 0.350. The number of benzene rings is 2. The zero-order valence-electron chi connectivity index (χ0n) is 16.0. The van der Waals surface area contributed by atoms with E-state index in [1.165, 1.54) is 21.3 Å². The van der Waals surface area contributed by atoms with E-state index in [9.17, 15) is 26.4 Å². The fourth-order valence-electron chi connectivity index (χ4n) is 3.41. The second kappa shape index (κ2) is 7.70. The molecule has 0 bridgehead atoms. The predicted octanol–water partition coefficient (Wildman–Crippen LogP) is 3.69. The molecular formula is C20H21F3N2O3S. The van der Waals surface area contributed by atoms with Gasteiger partial charge in [-0.1, -0.05) is 12.1 Å². The van der Waals surface area contributed by atoms with Gasteiger partial charge in [0.1, 0.15) is 0 Å². The van der Waals surface area contributed by atoms with Gasteiger partial charge in [-0.25, -0.2) is 8.42 Å². The Bertz CT molecular complexity index is 1020. The SMILES string of the molecule is CN(Cc1ccc(C(F)(F)F)cc1)C(=O)c1ccc2c(c1)CCCN2S(C)(=O)=O. The summed E-state index contributed by atoms with van der Waals surface area (Å²) in [6.07, 6.45) is -1.91. The van der Waals surface area contributed by atoms with Gasteiger partial charge in [0.05, 0.1) is 17.5 Å². The van der Waals surface area contributed by atoms with E-state index in [2.05, 4.69) is 0 Å². The molecule has 0 radical (unpaired) electrons. The third kappa shape index (κ3) is 4.72. The molecule has 1 heterocycles. The van der Waals surface area contributed by atoms with Crippen molar-refractivity contribution in [1.29, 1.82) is 0 Å². The number of halogens is 3. The van der Waals surface area contributed by atoms with Crippen LogP contribution in [0.15, 0.2) is 42.5 Å². The summed E-state index contributed by atoms with van der Waals surface area (Å²) >= 11 is 0. The molecule has 0 spiro atoms. The summed E-state index contributed by atoms with van der Waals surface area (Å²) in [4.78, 5) is 14.2. The maximum Gasteiger partial charge on any atom is 0.416 e. The Hall–Kier alpha value is -2.55. The number of carbonyl (C=O) groups excluding carboxylic acids is 1. The van der Waals surface area contributed by atoms with Gasteiger partial charge in [0.2, 0.25) is 10.0 Å². The number of anilines is 1. The van der Waals surface area contributed by atoms with E-state index in [1.807, 2.05) is 0 Å². The molecule has 0 N–H and O–H groups in total. The molecule has 0 fully saturated rings. The van der Waals surface area contributed by atoms with Gasteiger partial charge in [-0.15, -0.1) is 0 Å². The van der Waals surface area contributed by atoms with E-state index in [0.717, 1.165) is 24.0 Å². The van der Waals surface area contributed by atoms with Gasteiger partial charge in [-0.2, -0.15) is 13.2 Å². The van der Waals surface area contributed by atoms with Crippen LogP contribution in [0.4, 0.5) is 18.9 Å². The lowest BCUT2D eigenvalue weighted by molar-refractivity contribution is -0.137. The number of carbonyl (C=O) groups is 1. The van der Waals surface area contributed by atoms with E-state index < -0.39 is 21.8 Å². The molecule has 0 unspecified atom stereocenters. The molecule has 0 atom stereocenters. The van der Waals surface area contributed by atoms with E-state index in [0.29, 0.717) is 36.2 Å². The molecule has 1 amide bonds. The molecular weight excluding hydrogens is 405 g/mol. The van der Waals surface area contributed by atoms with Crippen LogP contribution in [-0.4, -0.2) is 39.1 Å². The minimum absolute atomic E-state index is 0.156. The van der Waals surface area contributed by atoms with Gasteiger partial charge in [-0.3, -0.25) is 9.10 Å². The van der Waals surface area contributed by atoms with E-state index in [1.54, 1.807) is 25.2 Å². The Kier molecular flexibility index (Phi) is 5.62. The van der Waals surface area contributed by atoms with Crippen LogP contribution in [0.1, 0.15) is 33.5 Å². The van der Waals surface area contributed by atoms with Crippen LogP contribution in [-0.2, 0) is 29.2 Å². The average Bonchev–Trinajstić information content (AvgIpc) is 2.65. The second-order valence-electron chi connectivity index (χ2n) is 7.14. The molecule has 9 heteroatoms. The molecule has 2 aromatic carbocycles. The monoisotopic (exact) mass is 426 g/mol. The highest BCUT2D eigenvalue weighted by atomic mass is 32.2. The second-order valence-corrected chi connectivity index (χ2v) is 9.04. The number of sulfonamides is 1. The van der Waals surface area contributed by atoms with Gasteiger partial charge in [0.15, 0.2) is 0 Å². The number of alkyl halides is 3. The van der Waals surface area contributed by atoms with Crippen molar-refractivity contribution in [2.75, 3.05) is 24.2 Å². The summed E-state index contributed by atoms with van der Waals surface area (Å²) in [5.41, 5.74) is 1.63. The van der Waals surface area contributed by atoms with E-state index >= 15 is 0 Å². The summed E-state index contributed by atoms with van der Waals surface area (Å²) in [5.74, 6) is -0.288. The van der Waals surface area contributed by atoms with Crippen molar-refractivity contribution in [2.45, 2.75) is 25.6 Å². The fourth-order valence-corrected chi connectivity index (χ4v) is 4.40. The Balaban J connectivity index is 1.76. The van der Waals surface area contributed by atoms with Crippen molar-refractivity contribution >= 4 is 21.6 Å². The van der Waals surface area contributed by atoms with Crippen LogP contribution in [0, 0.1) is 0 Å². The topological polar surface area (TPSA) is 57.7 Å². The highest BCUT2D eigenvalue weighted by Crippen LogP contribution is 2.31. The third-order valence-electron chi connectivity index (χ3n) is 4.85. The Morgan fingerprint density at radius 2 is 1.79 bits per heavy atom. The van der Waals surface area contributed by atoms with Gasteiger partial charge in [-0.05, 0) is 54.3 Å². The van der Waals surface area contributed by atoms with E-state index in [-0.39, 0.29) is 12.5 Å². The number of rotatable bonds is 4. The Morgan fingerprint density at radius 1 is 1.14 bits per heavy atom. The minimum Gasteiger partial charge on any atom is -0.337 e. The van der Waals surface area contributed by atoms with Crippen molar-refractivity contribution in [2.24, 2.45) is 0 Å². The molecule has 1 aliphatic rings. The molecule has 0 aromatic heterocycles. The highest BCUT2D eigenvalue weighted by molar-refractivity contribution is 7.92.